The number of hydrogen-bond donors (Lipinski definition) is 0. The van der Waals surface area contributed by atoms with Gasteiger partial charge in [-0.05, 0) is 102 Å². The molecule has 3 saturated carbocycles. The molecule has 3 fully saturated rings. The van der Waals surface area contributed by atoms with Crippen molar-refractivity contribution in [2.75, 3.05) is 0 Å². The zero-order chi connectivity index (χ0) is 13.9. The standard InChI is InChI=1S/C10H10.2C5H5.2Pt/c1-2-6-9(5-1)10-7-3-4-8-10;2*1-2-4-5-3-1;;/h1-7,9H,8H2;2*1-5H;;. The van der Waals surface area contributed by atoms with E-state index in [9.17, 15) is 0 Å². The van der Waals surface area contributed by atoms with Gasteiger partial charge in [-0.25, -0.2) is 0 Å². The third-order valence-electron chi connectivity index (χ3n) is 3.09. The average molecular weight is 651 g/mol. The van der Waals surface area contributed by atoms with Crippen molar-refractivity contribution in [3.63, 3.8) is 0 Å². The molecule has 2 heteroatoms. The van der Waals surface area contributed by atoms with Gasteiger partial charge in [-0.3, -0.25) is 0 Å². The van der Waals surface area contributed by atoms with Gasteiger partial charge in [0.1, 0.15) is 0 Å². The second kappa shape index (κ2) is 15.4. The van der Waals surface area contributed by atoms with E-state index in [1.54, 1.807) is 0 Å². The van der Waals surface area contributed by atoms with Crippen molar-refractivity contribution in [2.45, 2.75) is 6.42 Å². The van der Waals surface area contributed by atoms with E-state index in [-0.39, 0.29) is 42.1 Å². The van der Waals surface area contributed by atoms with Crippen LogP contribution in [-0.4, -0.2) is 0 Å². The molecule has 0 nitrogen and oxygen atoms in total. The summed E-state index contributed by atoms with van der Waals surface area (Å²) in [5.41, 5.74) is 1.52. The molecule has 0 amide bonds. The topological polar surface area (TPSA) is 0 Å². The molecule has 0 spiro atoms. The smallest absolute Gasteiger partial charge is 0 e. The molecule has 0 bridgehead atoms. The van der Waals surface area contributed by atoms with E-state index >= 15 is 0 Å². The van der Waals surface area contributed by atoms with Crippen LogP contribution in [0.25, 0.3) is 0 Å². The van der Waals surface area contributed by atoms with Gasteiger partial charge in [0.2, 0.25) is 0 Å². The Morgan fingerprint density at radius 2 is 1.00 bits per heavy atom. The summed E-state index contributed by atoms with van der Waals surface area (Å²) in [6.07, 6.45) is 36.4. The number of rotatable bonds is 1. The third kappa shape index (κ3) is 9.88. The molecular weight excluding hydrogens is 630 g/mol. The average Bonchev–Trinajstić information content (AvgIpc) is 3.35. The summed E-state index contributed by atoms with van der Waals surface area (Å²) in [4.78, 5) is 0. The largest absolute Gasteiger partial charge is 0.0805 e. The number of hydrogen-bond acceptors (Lipinski definition) is 0. The Bertz CT molecular complexity index is 268. The van der Waals surface area contributed by atoms with E-state index in [1.807, 2.05) is 64.2 Å². The monoisotopic (exact) mass is 650 g/mol. The molecule has 4 aliphatic rings. The summed E-state index contributed by atoms with van der Waals surface area (Å²) in [6, 6.07) is 0. The first-order valence-corrected chi connectivity index (χ1v) is 7.01. The maximum absolute atomic E-state index is 2.23. The molecule has 0 aromatic heterocycles. The van der Waals surface area contributed by atoms with E-state index in [0.717, 1.165) is 6.42 Å². The maximum atomic E-state index is 2.23. The van der Waals surface area contributed by atoms with E-state index in [2.05, 4.69) is 43.9 Å². The zero-order valence-electron chi connectivity index (χ0n) is 12.2. The minimum Gasteiger partial charge on any atom is -0.0805 e. The van der Waals surface area contributed by atoms with Crippen molar-refractivity contribution in [1.82, 2.24) is 0 Å². The first-order valence-electron chi connectivity index (χ1n) is 7.01. The van der Waals surface area contributed by atoms with Crippen LogP contribution in [0.1, 0.15) is 6.42 Å². The van der Waals surface area contributed by atoms with Gasteiger partial charge in [0.15, 0.2) is 0 Å². The quantitative estimate of drug-likeness (QED) is 0.396. The van der Waals surface area contributed by atoms with Crippen LogP contribution < -0.4 is 0 Å². The molecule has 0 aromatic carbocycles. The van der Waals surface area contributed by atoms with E-state index in [0.29, 0.717) is 5.92 Å². The minimum absolute atomic E-state index is 0. The van der Waals surface area contributed by atoms with Gasteiger partial charge in [0, 0.05) is 42.1 Å². The third-order valence-corrected chi connectivity index (χ3v) is 3.09. The summed E-state index contributed by atoms with van der Waals surface area (Å²) >= 11 is 0. The Labute approximate surface area is 167 Å². The Morgan fingerprint density at radius 1 is 0.591 bits per heavy atom. The molecule has 0 aliphatic heterocycles. The number of allylic oxidation sites excluding steroid dienone is 4. The summed E-state index contributed by atoms with van der Waals surface area (Å²) in [5, 5.41) is 0. The fourth-order valence-corrected chi connectivity index (χ4v) is 2.03. The zero-order valence-corrected chi connectivity index (χ0v) is 16.8. The predicted octanol–water partition coefficient (Wildman–Crippen LogP) is 4.36. The van der Waals surface area contributed by atoms with Crippen LogP contribution in [0.5, 0.6) is 0 Å². The molecule has 14 radical (unpaired) electrons. The maximum Gasteiger partial charge on any atom is 0 e. The first-order chi connectivity index (χ1) is 9.97. The summed E-state index contributed by atoms with van der Waals surface area (Å²) in [5.74, 6) is 0.593. The van der Waals surface area contributed by atoms with E-state index in [4.69, 9.17) is 0 Å². The van der Waals surface area contributed by atoms with Gasteiger partial charge in [0.05, 0.1) is 0 Å². The SMILES string of the molecule is [CH]1[CH][CH]C(C2=CC=CC2)[CH]1.[CH]1[CH][CH][CH][CH]1.[CH]1[CH][CH][CH][CH]1.[Pt].[Pt]. The Kier molecular flexibility index (Phi) is 16.0. The van der Waals surface area contributed by atoms with Crippen LogP contribution in [0, 0.1) is 95.8 Å². The van der Waals surface area contributed by atoms with Gasteiger partial charge in [-0.1, -0.05) is 23.8 Å². The predicted molar refractivity (Wildman–Crippen MR) is 85.5 cm³/mol. The molecule has 4 rings (SSSR count). The summed E-state index contributed by atoms with van der Waals surface area (Å²) in [7, 11) is 0. The van der Waals surface area contributed by atoms with Gasteiger partial charge >= 0.3 is 0 Å². The van der Waals surface area contributed by atoms with Crippen LogP contribution in [0.3, 0.4) is 0 Å². The molecule has 120 valence electrons. The van der Waals surface area contributed by atoms with Crippen molar-refractivity contribution in [2.24, 2.45) is 5.92 Å². The molecule has 0 saturated heterocycles. The molecule has 0 N–H and O–H groups in total. The molecule has 22 heavy (non-hydrogen) atoms. The molecule has 0 heterocycles. The van der Waals surface area contributed by atoms with E-state index < -0.39 is 0 Å². The molecular formula is C20H20Pt2. The van der Waals surface area contributed by atoms with Gasteiger partial charge in [-0.2, -0.15) is 0 Å². The van der Waals surface area contributed by atoms with E-state index in [1.165, 1.54) is 5.57 Å². The van der Waals surface area contributed by atoms with Crippen LogP contribution >= 0.6 is 0 Å². The molecule has 0 atom stereocenters. The minimum atomic E-state index is 0. The van der Waals surface area contributed by atoms with Crippen LogP contribution in [0.2, 0.25) is 0 Å². The molecule has 0 aromatic rings. The fourth-order valence-electron chi connectivity index (χ4n) is 2.03. The van der Waals surface area contributed by atoms with Crippen LogP contribution in [0.4, 0.5) is 0 Å². The van der Waals surface area contributed by atoms with Gasteiger partial charge in [-0.15, -0.1) is 0 Å². The van der Waals surface area contributed by atoms with Crippen LogP contribution in [0.15, 0.2) is 23.8 Å². The summed E-state index contributed by atoms with van der Waals surface area (Å²) in [6.45, 7) is 0. The molecule has 4 aliphatic carbocycles. The Morgan fingerprint density at radius 3 is 1.32 bits per heavy atom. The Balaban J connectivity index is 0.000000316. The fraction of sp³-hybridized carbons (Fsp3) is 0.100. The van der Waals surface area contributed by atoms with Crippen molar-refractivity contribution in [1.29, 1.82) is 0 Å². The first kappa shape index (κ1) is 22.9. The van der Waals surface area contributed by atoms with Crippen molar-refractivity contribution < 1.29 is 42.1 Å². The van der Waals surface area contributed by atoms with Crippen molar-refractivity contribution >= 4 is 0 Å². The molecule has 0 unspecified atom stereocenters. The second-order valence-corrected chi connectivity index (χ2v) is 4.59. The second-order valence-electron chi connectivity index (χ2n) is 4.59. The van der Waals surface area contributed by atoms with Crippen molar-refractivity contribution in [3.05, 3.63) is 114 Å². The van der Waals surface area contributed by atoms with Crippen LogP contribution in [-0.2, 0) is 42.1 Å². The van der Waals surface area contributed by atoms with Gasteiger partial charge < -0.3 is 0 Å². The van der Waals surface area contributed by atoms with Crippen molar-refractivity contribution in [3.8, 4) is 0 Å². The summed E-state index contributed by atoms with van der Waals surface area (Å²) < 4.78 is 0. The normalized spacial score (nSPS) is 22.6. The Hall–Kier alpha value is 0.857. The van der Waals surface area contributed by atoms with Gasteiger partial charge in [0.25, 0.3) is 0 Å².